The van der Waals surface area contributed by atoms with Gasteiger partial charge in [-0.15, -0.1) is 6.58 Å². The smallest absolute Gasteiger partial charge is 0.253 e. The average molecular weight is 401 g/mol. The standard InChI is InChI=1S/C24H23N3O3/c1-3-13-27-18-12-8-7-11-16(18)24(23(27)30)20-19(21(28)26(2)22(20)29)17(25-24)14-15-9-5-4-6-10-15/h3-12,17,19-20,25H,1,13-14H2,2H3/t17-,19-,20+,24+/m1/s1. The second-order valence-corrected chi connectivity index (χ2v) is 8.21. The van der Waals surface area contributed by atoms with Crippen LogP contribution in [0.5, 0.6) is 0 Å². The van der Waals surface area contributed by atoms with Crippen LogP contribution in [0.15, 0.2) is 67.3 Å². The number of anilines is 1. The van der Waals surface area contributed by atoms with E-state index in [0.717, 1.165) is 16.8 Å². The predicted octanol–water partition coefficient (Wildman–Crippen LogP) is 1.86. The van der Waals surface area contributed by atoms with Crippen LogP contribution in [-0.2, 0) is 26.3 Å². The van der Waals surface area contributed by atoms with Crippen molar-refractivity contribution in [3.8, 4) is 0 Å². The number of carbonyl (C=O) groups excluding carboxylic acids is 3. The van der Waals surface area contributed by atoms with Crippen molar-refractivity contribution in [2.45, 2.75) is 18.0 Å². The summed E-state index contributed by atoms with van der Waals surface area (Å²) in [6.45, 7) is 4.12. The van der Waals surface area contributed by atoms with Crippen LogP contribution >= 0.6 is 0 Å². The Morgan fingerprint density at radius 1 is 1.03 bits per heavy atom. The maximum atomic E-state index is 13.8. The van der Waals surface area contributed by atoms with Crippen molar-refractivity contribution in [2.24, 2.45) is 11.8 Å². The van der Waals surface area contributed by atoms with Gasteiger partial charge in [-0.1, -0.05) is 54.6 Å². The Morgan fingerprint density at radius 2 is 1.73 bits per heavy atom. The van der Waals surface area contributed by atoms with Gasteiger partial charge in [0.2, 0.25) is 11.8 Å². The van der Waals surface area contributed by atoms with Crippen LogP contribution in [-0.4, -0.2) is 42.3 Å². The van der Waals surface area contributed by atoms with E-state index in [4.69, 9.17) is 0 Å². The maximum Gasteiger partial charge on any atom is 0.253 e. The summed E-state index contributed by atoms with van der Waals surface area (Å²) in [5.41, 5.74) is 1.35. The molecule has 3 aliphatic heterocycles. The fourth-order valence-electron chi connectivity index (χ4n) is 5.44. The zero-order valence-electron chi connectivity index (χ0n) is 16.7. The fraction of sp³-hybridized carbons (Fsp3) is 0.292. The highest BCUT2D eigenvalue weighted by Crippen LogP contribution is 2.54. The van der Waals surface area contributed by atoms with E-state index in [1.165, 1.54) is 11.9 Å². The normalized spacial score (nSPS) is 29.6. The number of nitrogens with zero attached hydrogens (tertiary/aromatic N) is 2. The minimum atomic E-state index is -1.23. The number of benzene rings is 2. The molecule has 1 spiro atoms. The lowest BCUT2D eigenvalue weighted by Crippen LogP contribution is -2.55. The summed E-state index contributed by atoms with van der Waals surface area (Å²) >= 11 is 0. The Balaban J connectivity index is 1.66. The number of nitrogens with one attached hydrogen (secondary N) is 1. The highest BCUT2D eigenvalue weighted by Gasteiger charge is 2.70. The van der Waals surface area contributed by atoms with Crippen molar-refractivity contribution in [3.05, 3.63) is 78.4 Å². The Bertz CT molecular complexity index is 1070. The Kier molecular flexibility index (Phi) is 4.15. The SMILES string of the molecule is C=CCN1C(=O)[C@]2(N[C@H](Cc3ccccc3)[C@H]3C(=O)N(C)C(=O)[C@H]32)c2ccccc21. The van der Waals surface area contributed by atoms with Crippen LogP contribution in [0.3, 0.4) is 0 Å². The molecule has 30 heavy (non-hydrogen) atoms. The summed E-state index contributed by atoms with van der Waals surface area (Å²) in [6, 6.07) is 17.1. The monoisotopic (exact) mass is 401 g/mol. The minimum Gasteiger partial charge on any atom is -0.306 e. The third-order valence-corrected chi connectivity index (χ3v) is 6.70. The van der Waals surface area contributed by atoms with E-state index >= 15 is 0 Å². The number of rotatable bonds is 4. The predicted molar refractivity (Wildman–Crippen MR) is 112 cm³/mol. The summed E-state index contributed by atoms with van der Waals surface area (Å²) in [5, 5.41) is 3.50. The topological polar surface area (TPSA) is 69.7 Å². The van der Waals surface area contributed by atoms with Crippen molar-refractivity contribution in [3.63, 3.8) is 0 Å². The van der Waals surface area contributed by atoms with Crippen molar-refractivity contribution in [1.29, 1.82) is 0 Å². The van der Waals surface area contributed by atoms with E-state index < -0.39 is 17.4 Å². The molecule has 0 unspecified atom stereocenters. The lowest BCUT2D eigenvalue weighted by Gasteiger charge is -2.30. The highest BCUT2D eigenvalue weighted by atomic mass is 16.2. The molecule has 0 aromatic heterocycles. The average Bonchev–Trinajstić information content (AvgIpc) is 3.30. The molecular weight excluding hydrogens is 378 g/mol. The number of amides is 3. The van der Waals surface area contributed by atoms with Crippen molar-refractivity contribution in [1.82, 2.24) is 10.2 Å². The first kappa shape index (κ1) is 18.8. The van der Waals surface area contributed by atoms with Gasteiger partial charge in [-0.05, 0) is 18.1 Å². The number of fused-ring (bicyclic) bond motifs is 4. The molecule has 2 saturated heterocycles. The van der Waals surface area contributed by atoms with Gasteiger partial charge in [-0.3, -0.25) is 24.6 Å². The summed E-state index contributed by atoms with van der Waals surface area (Å²) in [4.78, 5) is 43.0. The van der Waals surface area contributed by atoms with Crippen LogP contribution in [0.25, 0.3) is 0 Å². The molecule has 5 rings (SSSR count). The first-order valence-corrected chi connectivity index (χ1v) is 10.2. The van der Waals surface area contributed by atoms with Gasteiger partial charge in [0.15, 0.2) is 0 Å². The second kappa shape index (κ2) is 6.64. The fourth-order valence-corrected chi connectivity index (χ4v) is 5.44. The summed E-state index contributed by atoms with van der Waals surface area (Å²) in [7, 11) is 1.52. The van der Waals surface area contributed by atoms with Crippen molar-refractivity contribution >= 4 is 23.4 Å². The van der Waals surface area contributed by atoms with Crippen LogP contribution in [0.1, 0.15) is 11.1 Å². The van der Waals surface area contributed by atoms with Crippen LogP contribution in [0, 0.1) is 11.8 Å². The van der Waals surface area contributed by atoms with Gasteiger partial charge in [0.05, 0.1) is 11.8 Å². The minimum absolute atomic E-state index is 0.189. The molecule has 0 bridgehead atoms. The largest absolute Gasteiger partial charge is 0.306 e. The van der Waals surface area contributed by atoms with Crippen LogP contribution < -0.4 is 10.2 Å². The number of hydrogen-bond donors (Lipinski definition) is 1. The molecule has 0 saturated carbocycles. The molecule has 4 atom stereocenters. The molecule has 3 aliphatic rings. The molecule has 6 heteroatoms. The molecule has 0 radical (unpaired) electrons. The third kappa shape index (κ3) is 2.31. The van der Waals surface area contributed by atoms with E-state index in [2.05, 4.69) is 11.9 Å². The highest BCUT2D eigenvalue weighted by molar-refractivity contribution is 6.16. The molecule has 6 nitrogen and oxygen atoms in total. The molecule has 3 heterocycles. The van der Waals surface area contributed by atoms with Gasteiger partial charge in [0, 0.05) is 30.9 Å². The number of likely N-dealkylation sites (tertiary alicyclic amines) is 1. The molecule has 1 N–H and O–H groups in total. The molecule has 2 fully saturated rings. The number of hydrogen-bond acceptors (Lipinski definition) is 4. The van der Waals surface area contributed by atoms with Gasteiger partial charge in [0.1, 0.15) is 5.54 Å². The van der Waals surface area contributed by atoms with Gasteiger partial charge < -0.3 is 4.90 Å². The van der Waals surface area contributed by atoms with Gasteiger partial charge in [0.25, 0.3) is 5.91 Å². The van der Waals surface area contributed by atoms with Crippen molar-refractivity contribution in [2.75, 3.05) is 18.5 Å². The van der Waals surface area contributed by atoms with E-state index in [1.807, 2.05) is 54.6 Å². The zero-order valence-corrected chi connectivity index (χ0v) is 16.7. The first-order chi connectivity index (χ1) is 14.5. The van der Waals surface area contributed by atoms with Gasteiger partial charge >= 0.3 is 0 Å². The first-order valence-electron chi connectivity index (χ1n) is 10.2. The lowest BCUT2D eigenvalue weighted by atomic mass is 9.76. The van der Waals surface area contributed by atoms with Crippen molar-refractivity contribution < 1.29 is 14.4 Å². The molecular formula is C24H23N3O3. The summed E-state index contributed by atoms with van der Waals surface area (Å²) in [6.07, 6.45) is 2.24. The zero-order chi connectivity index (χ0) is 21.0. The number of para-hydroxylation sites is 1. The lowest BCUT2D eigenvalue weighted by molar-refractivity contribution is -0.141. The summed E-state index contributed by atoms with van der Waals surface area (Å²) in [5.74, 6) is -2.04. The molecule has 0 aliphatic carbocycles. The number of carbonyl (C=O) groups is 3. The van der Waals surface area contributed by atoms with Gasteiger partial charge in [-0.2, -0.15) is 0 Å². The molecule has 2 aromatic rings. The summed E-state index contributed by atoms with van der Waals surface area (Å²) < 4.78 is 0. The number of imide groups is 1. The van der Waals surface area contributed by atoms with E-state index in [0.29, 0.717) is 13.0 Å². The third-order valence-electron chi connectivity index (χ3n) is 6.70. The Morgan fingerprint density at radius 3 is 2.47 bits per heavy atom. The van der Waals surface area contributed by atoms with E-state index in [9.17, 15) is 14.4 Å². The van der Waals surface area contributed by atoms with E-state index in [-0.39, 0.29) is 23.8 Å². The molecule has 152 valence electrons. The maximum absolute atomic E-state index is 13.8. The Labute approximate surface area is 175 Å². The second-order valence-electron chi connectivity index (χ2n) is 8.21. The molecule has 3 amide bonds. The van der Waals surface area contributed by atoms with Crippen LogP contribution in [0.4, 0.5) is 5.69 Å². The Hall–Kier alpha value is -3.25. The van der Waals surface area contributed by atoms with E-state index in [1.54, 1.807) is 11.0 Å². The van der Waals surface area contributed by atoms with Gasteiger partial charge in [-0.25, -0.2) is 0 Å². The quantitative estimate of drug-likeness (QED) is 0.627. The van der Waals surface area contributed by atoms with Crippen LogP contribution in [0.2, 0.25) is 0 Å². The molecule has 2 aromatic carbocycles.